The van der Waals surface area contributed by atoms with Crippen LogP contribution in [0.5, 0.6) is 0 Å². The van der Waals surface area contributed by atoms with Crippen molar-refractivity contribution in [3.63, 3.8) is 0 Å². The van der Waals surface area contributed by atoms with Crippen LogP contribution in [0, 0.1) is 0 Å². The van der Waals surface area contributed by atoms with E-state index in [0.29, 0.717) is 18.8 Å². The second-order valence-electron chi connectivity index (χ2n) is 4.29. The summed E-state index contributed by atoms with van der Waals surface area (Å²) in [6, 6.07) is 5.33. The van der Waals surface area contributed by atoms with Crippen molar-refractivity contribution in [1.82, 2.24) is 9.62 Å². The zero-order valence-corrected chi connectivity index (χ0v) is 13.0. The number of sulfonamides is 1. The van der Waals surface area contributed by atoms with Gasteiger partial charge in [-0.15, -0.1) is 0 Å². The van der Waals surface area contributed by atoms with Gasteiger partial charge >= 0.3 is 6.03 Å². The zero-order valence-electron chi connectivity index (χ0n) is 12.2. The van der Waals surface area contributed by atoms with Gasteiger partial charge in [0.25, 0.3) is 10.0 Å². The molecule has 0 aromatic heterocycles. The fourth-order valence-corrected chi connectivity index (χ4v) is 2.67. The largest absolute Gasteiger partial charge is 0.325 e. The molecule has 21 heavy (non-hydrogen) atoms. The van der Waals surface area contributed by atoms with Crippen LogP contribution in [-0.4, -0.2) is 38.3 Å². The molecule has 1 aromatic rings. The maximum Gasteiger partial charge on any atom is 0.321 e. The Balaban J connectivity index is 2.84. The number of nitrogens with zero attached hydrogens (tertiary/aromatic N) is 1. The van der Waals surface area contributed by atoms with Crippen LogP contribution in [0.2, 0.25) is 0 Å². The van der Waals surface area contributed by atoms with E-state index in [-0.39, 0.29) is 10.9 Å². The highest BCUT2D eigenvalue weighted by atomic mass is 32.2. The van der Waals surface area contributed by atoms with Crippen LogP contribution in [0.25, 0.3) is 0 Å². The van der Waals surface area contributed by atoms with Gasteiger partial charge in [-0.1, -0.05) is 0 Å². The summed E-state index contributed by atoms with van der Waals surface area (Å²) in [5.74, 6) is -0.658. The monoisotopic (exact) mass is 313 g/mol. The molecular formula is C13H19N3O4S. The number of carbonyl (C=O) groups excluding carboxylic acids is 2. The molecule has 0 aliphatic carbocycles. The highest BCUT2D eigenvalue weighted by Crippen LogP contribution is 2.14. The lowest BCUT2D eigenvalue weighted by Crippen LogP contribution is -2.34. The Hall–Kier alpha value is -2.09. The molecule has 116 valence electrons. The zero-order chi connectivity index (χ0) is 16.0. The minimum atomic E-state index is -3.85. The molecule has 0 aliphatic rings. The lowest BCUT2D eigenvalue weighted by molar-refractivity contribution is -0.117. The van der Waals surface area contributed by atoms with Crippen LogP contribution in [0.3, 0.4) is 0 Å². The minimum absolute atomic E-state index is 0.0430. The quantitative estimate of drug-likeness (QED) is 0.858. The third kappa shape index (κ3) is 4.75. The molecule has 0 bridgehead atoms. The summed E-state index contributed by atoms with van der Waals surface area (Å²) >= 11 is 0. The molecule has 3 amide bonds. The Morgan fingerprint density at radius 3 is 2.05 bits per heavy atom. The highest BCUT2D eigenvalue weighted by molar-refractivity contribution is 7.90. The lowest BCUT2D eigenvalue weighted by atomic mass is 10.3. The van der Waals surface area contributed by atoms with Gasteiger partial charge in [-0.3, -0.25) is 4.79 Å². The number of carbonyl (C=O) groups is 2. The minimum Gasteiger partial charge on any atom is -0.325 e. The van der Waals surface area contributed by atoms with E-state index < -0.39 is 15.9 Å². The van der Waals surface area contributed by atoms with Gasteiger partial charge in [0.15, 0.2) is 0 Å². The van der Waals surface area contributed by atoms with E-state index in [9.17, 15) is 18.0 Å². The van der Waals surface area contributed by atoms with Gasteiger partial charge in [0.2, 0.25) is 5.91 Å². The molecule has 0 spiro atoms. The lowest BCUT2D eigenvalue weighted by Gasteiger charge is -2.19. The standard InChI is InChI=1S/C13H19N3O4S/c1-4-16(5-2)13(18)14-11-6-8-12(9-7-11)21(19,20)15-10(3)17/h6-9H,4-5H2,1-3H3,(H,14,18)(H,15,17). The van der Waals surface area contributed by atoms with Crippen molar-refractivity contribution < 1.29 is 18.0 Å². The molecule has 7 nitrogen and oxygen atoms in total. The molecule has 0 aliphatic heterocycles. The third-order valence-corrected chi connectivity index (χ3v) is 4.19. The molecule has 0 saturated heterocycles. The number of rotatable bonds is 5. The average Bonchev–Trinajstić information content (AvgIpc) is 2.39. The molecule has 1 aromatic carbocycles. The van der Waals surface area contributed by atoms with E-state index in [0.717, 1.165) is 6.92 Å². The van der Waals surface area contributed by atoms with E-state index in [1.807, 2.05) is 18.6 Å². The molecular weight excluding hydrogens is 294 g/mol. The molecule has 2 N–H and O–H groups in total. The number of nitrogens with one attached hydrogen (secondary N) is 2. The summed E-state index contributed by atoms with van der Waals surface area (Å²) in [5, 5.41) is 2.67. The highest BCUT2D eigenvalue weighted by Gasteiger charge is 2.15. The predicted molar refractivity (Wildman–Crippen MR) is 79.4 cm³/mol. The number of anilines is 1. The molecule has 0 fully saturated rings. The van der Waals surface area contributed by atoms with Crippen molar-refractivity contribution in [2.45, 2.75) is 25.7 Å². The molecule has 1 rings (SSSR count). The number of hydrogen-bond donors (Lipinski definition) is 2. The van der Waals surface area contributed by atoms with Crippen LogP contribution < -0.4 is 10.0 Å². The predicted octanol–water partition coefficient (Wildman–Crippen LogP) is 1.39. The molecule has 0 radical (unpaired) electrons. The maximum atomic E-state index is 11.8. The second kappa shape index (κ2) is 7.07. The van der Waals surface area contributed by atoms with Gasteiger partial charge in [0, 0.05) is 25.7 Å². The number of urea groups is 1. The van der Waals surface area contributed by atoms with E-state index in [4.69, 9.17) is 0 Å². The van der Waals surface area contributed by atoms with Gasteiger partial charge in [-0.05, 0) is 38.1 Å². The third-order valence-electron chi connectivity index (χ3n) is 2.74. The Labute approximate surface area is 124 Å². The molecule has 0 saturated carbocycles. The van der Waals surface area contributed by atoms with Crippen LogP contribution in [0.1, 0.15) is 20.8 Å². The Bertz CT molecular complexity index is 607. The summed E-state index contributed by atoms with van der Waals surface area (Å²) in [5.41, 5.74) is 0.480. The average molecular weight is 313 g/mol. The first-order valence-corrected chi connectivity index (χ1v) is 7.97. The first-order chi connectivity index (χ1) is 9.80. The first-order valence-electron chi connectivity index (χ1n) is 6.49. The van der Waals surface area contributed by atoms with Crippen molar-refractivity contribution >= 4 is 27.6 Å². The summed E-state index contributed by atoms with van der Waals surface area (Å²) in [6.07, 6.45) is 0. The van der Waals surface area contributed by atoms with Gasteiger partial charge in [0.05, 0.1) is 4.90 Å². The Kier molecular flexibility index (Phi) is 5.71. The SMILES string of the molecule is CCN(CC)C(=O)Nc1ccc(S(=O)(=O)NC(C)=O)cc1. The smallest absolute Gasteiger partial charge is 0.321 e. The molecule has 0 atom stereocenters. The normalized spacial score (nSPS) is 10.8. The summed E-state index contributed by atoms with van der Waals surface area (Å²) in [6.45, 7) is 6.02. The Morgan fingerprint density at radius 1 is 1.10 bits per heavy atom. The van der Waals surface area contributed by atoms with Crippen molar-refractivity contribution in [3.8, 4) is 0 Å². The molecule has 8 heteroatoms. The van der Waals surface area contributed by atoms with Crippen LogP contribution in [0.4, 0.5) is 10.5 Å². The van der Waals surface area contributed by atoms with Gasteiger partial charge in [0.1, 0.15) is 0 Å². The van der Waals surface area contributed by atoms with E-state index in [1.54, 1.807) is 4.90 Å². The van der Waals surface area contributed by atoms with Crippen LogP contribution in [0.15, 0.2) is 29.2 Å². The van der Waals surface area contributed by atoms with Crippen molar-refractivity contribution in [2.24, 2.45) is 0 Å². The topological polar surface area (TPSA) is 95.6 Å². The van der Waals surface area contributed by atoms with Gasteiger partial charge in [-0.25, -0.2) is 17.9 Å². The first kappa shape index (κ1) is 17.0. The molecule has 0 unspecified atom stereocenters. The summed E-state index contributed by atoms with van der Waals surface area (Å²) in [7, 11) is -3.85. The number of hydrogen-bond acceptors (Lipinski definition) is 4. The van der Waals surface area contributed by atoms with Gasteiger partial charge < -0.3 is 10.2 Å². The summed E-state index contributed by atoms with van der Waals surface area (Å²) in [4.78, 5) is 24.2. The number of benzene rings is 1. The number of amides is 3. The summed E-state index contributed by atoms with van der Waals surface area (Å²) < 4.78 is 25.4. The second-order valence-corrected chi connectivity index (χ2v) is 5.97. The fourth-order valence-electron chi connectivity index (χ4n) is 1.68. The Morgan fingerprint density at radius 2 is 1.62 bits per heavy atom. The van der Waals surface area contributed by atoms with E-state index in [1.165, 1.54) is 24.3 Å². The van der Waals surface area contributed by atoms with E-state index >= 15 is 0 Å². The van der Waals surface area contributed by atoms with E-state index in [2.05, 4.69) is 5.32 Å². The molecule has 0 heterocycles. The maximum absolute atomic E-state index is 11.8. The fraction of sp³-hybridized carbons (Fsp3) is 0.385. The van der Waals surface area contributed by atoms with Crippen molar-refractivity contribution in [2.75, 3.05) is 18.4 Å². The van der Waals surface area contributed by atoms with Gasteiger partial charge in [-0.2, -0.15) is 0 Å². The van der Waals surface area contributed by atoms with Crippen LogP contribution in [-0.2, 0) is 14.8 Å². The van der Waals surface area contributed by atoms with Crippen molar-refractivity contribution in [3.05, 3.63) is 24.3 Å². The van der Waals surface area contributed by atoms with Crippen LogP contribution >= 0.6 is 0 Å². The van der Waals surface area contributed by atoms with Crippen molar-refractivity contribution in [1.29, 1.82) is 0 Å².